The van der Waals surface area contributed by atoms with Gasteiger partial charge in [0.05, 0.1) is 18.3 Å². The van der Waals surface area contributed by atoms with Crippen molar-refractivity contribution >= 4 is 38.9 Å². The minimum Gasteiger partial charge on any atom is -0.467 e. The van der Waals surface area contributed by atoms with Gasteiger partial charge >= 0.3 is 5.97 Å². The van der Waals surface area contributed by atoms with Crippen LogP contribution in [0.3, 0.4) is 0 Å². The van der Waals surface area contributed by atoms with Crippen LogP contribution in [0, 0.1) is 0 Å². The number of nitrogens with zero attached hydrogens (tertiary/aromatic N) is 1. The van der Waals surface area contributed by atoms with Gasteiger partial charge in [-0.1, -0.05) is 12.1 Å². The molecular weight excluding hydrogens is 316 g/mol. The van der Waals surface area contributed by atoms with Crippen LogP contribution in [0.5, 0.6) is 0 Å². The zero-order chi connectivity index (χ0) is 13.0. The molecule has 2 aromatic rings. The maximum Gasteiger partial charge on any atom is 0.334 e. The molecule has 6 heteroatoms. The molecule has 0 radical (unpaired) electrons. The largest absolute Gasteiger partial charge is 0.467 e. The summed E-state index contributed by atoms with van der Waals surface area (Å²) in [5, 5.41) is 4.95. The molecule has 4 nitrogen and oxygen atoms in total. The van der Waals surface area contributed by atoms with Gasteiger partial charge in [-0.25, -0.2) is 9.78 Å². The van der Waals surface area contributed by atoms with Gasteiger partial charge < -0.3 is 10.1 Å². The number of carbonyl (C=O) groups is 1. The first-order valence-electron chi connectivity index (χ1n) is 5.19. The number of aromatic nitrogens is 1. The number of methoxy groups -OCH3 is 1. The summed E-state index contributed by atoms with van der Waals surface area (Å²) in [5.74, 6) is -0.364. The van der Waals surface area contributed by atoms with Crippen LogP contribution in [-0.2, 0) is 9.53 Å². The fourth-order valence-electron chi connectivity index (χ4n) is 1.47. The third-order valence-corrected chi connectivity index (χ3v) is 3.65. The average molecular weight is 327 g/mol. The number of esters is 1. The van der Waals surface area contributed by atoms with Crippen LogP contribution >= 0.6 is 27.3 Å². The topological polar surface area (TPSA) is 51.2 Å². The number of hydrogen-bond donors (Lipinski definition) is 1. The Hall–Kier alpha value is -1.40. The molecule has 1 atom stereocenters. The molecule has 2 rings (SSSR count). The van der Waals surface area contributed by atoms with Crippen molar-refractivity contribution in [3.63, 3.8) is 0 Å². The number of rotatable bonds is 4. The first kappa shape index (κ1) is 13.0. The normalized spacial score (nSPS) is 11.9. The Morgan fingerprint density at radius 1 is 1.50 bits per heavy atom. The minimum atomic E-state index is -0.597. The van der Waals surface area contributed by atoms with E-state index in [2.05, 4.69) is 26.2 Å². The summed E-state index contributed by atoms with van der Waals surface area (Å²) in [4.78, 5) is 15.9. The molecule has 1 aromatic carbocycles. The van der Waals surface area contributed by atoms with Gasteiger partial charge in [0.2, 0.25) is 0 Å². The monoisotopic (exact) mass is 326 g/mol. The summed E-state index contributed by atoms with van der Waals surface area (Å²) >= 11 is 4.87. The van der Waals surface area contributed by atoms with Gasteiger partial charge in [-0.15, -0.1) is 11.3 Å². The fourth-order valence-corrected chi connectivity index (χ4v) is 2.45. The van der Waals surface area contributed by atoms with E-state index < -0.39 is 6.04 Å². The number of thiazole rings is 1. The van der Waals surface area contributed by atoms with Crippen molar-refractivity contribution in [3.05, 3.63) is 45.3 Å². The summed E-state index contributed by atoms with van der Waals surface area (Å²) in [5.41, 5.74) is 3.16. The summed E-state index contributed by atoms with van der Waals surface area (Å²) < 4.78 is 5.68. The predicted octanol–water partition coefficient (Wildman–Crippen LogP) is 3.23. The standard InChI is InChI=1S/C12H11BrN2O2S/c1-17-12(16)11(10-6-18-7-14-10)15-9-5-3-2-4-8(9)13/h2-7,11,15H,1H3. The lowest BCUT2D eigenvalue weighted by atomic mass is 10.2. The molecule has 0 aliphatic rings. The van der Waals surface area contributed by atoms with Crippen molar-refractivity contribution in [2.45, 2.75) is 6.04 Å². The Morgan fingerprint density at radius 3 is 2.89 bits per heavy atom. The van der Waals surface area contributed by atoms with Crippen LogP contribution in [-0.4, -0.2) is 18.1 Å². The van der Waals surface area contributed by atoms with E-state index in [0.717, 1.165) is 10.2 Å². The van der Waals surface area contributed by atoms with E-state index in [0.29, 0.717) is 5.69 Å². The van der Waals surface area contributed by atoms with Crippen molar-refractivity contribution in [1.29, 1.82) is 0 Å². The second-order valence-corrected chi connectivity index (χ2v) is 5.07. The average Bonchev–Trinajstić information content (AvgIpc) is 2.90. The summed E-state index contributed by atoms with van der Waals surface area (Å²) in [6, 6.07) is 6.98. The molecule has 0 saturated heterocycles. The second-order valence-electron chi connectivity index (χ2n) is 3.49. The van der Waals surface area contributed by atoms with Crippen molar-refractivity contribution in [2.24, 2.45) is 0 Å². The number of para-hydroxylation sites is 1. The Balaban J connectivity index is 2.26. The smallest absolute Gasteiger partial charge is 0.334 e. The lowest BCUT2D eigenvalue weighted by molar-refractivity contribution is -0.141. The molecule has 1 aromatic heterocycles. The van der Waals surface area contributed by atoms with Crippen molar-refractivity contribution in [2.75, 3.05) is 12.4 Å². The molecule has 1 heterocycles. The maximum absolute atomic E-state index is 11.8. The zero-order valence-electron chi connectivity index (χ0n) is 9.59. The second kappa shape index (κ2) is 5.97. The Kier molecular flexibility index (Phi) is 4.33. The van der Waals surface area contributed by atoms with Gasteiger partial charge in [-0.2, -0.15) is 0 Å². The van der Waals surface area contributed by atoms with Gasteiger partial charge in [0.1, 0.15) is 0 Å². The van der Waals surface area contributed by atoms with Crippen molar-refractivity contribution < 1.29 is 9.53 Å². The Bertz CT molecular complexity index is 531. The van der Waals surface area contributed by atoms with Gasteiger partial charge in [0.25, 0.3) is 0 Å². The van der Waals surface area contributed by atoms with E-state index in [9.17, 15) is 4.79 Å². The van der Waals surface area contributed by atoms with Crippen LogP contribution in [0.1, 0.15) is 11.7 Å². The van der Waals surface area contributed by atoms with E-state index in [-0.39, 0.29) is 5.97 Å². The number of anilines is 1. The number of ether oxygens (including phenoxy) is 1. The summed E-state index contributed by atoms with van der Waals surface area (Å²) in [7, 11) is 1.36. The lowest BCUT2D eigenvalue weighted by Crippen LogP contribution is -2.22. The Labute approximate surface area is 117 Å². The molecule has 0 aliphatic heterocycles. The number of carbonyl (C=O) groups excluding carboxylic acids is 1. The predicted molar refractivity (Wildman–Crippen MR) is 74.6 cm³/mol. The van der Waals surface area contributed by atoms with Crippen LogP contribution < -0.4 is 5.32 Å². The summed E-state index contributed by atoms with van der Waals surface area (Å²) in [6.45, 7) is 0. The SMILES string of the molecule is COC(=O)C(Nc1ccccc1Br)c1cscn1. The van der Waals surface area contributed by atoms with E-state index in [1.54, 1.807) is 5.51 Å². The third kappa shape index (κ3) is 2.88. The molecule has 0 spiro atoms. The first-order valence-corrected chi connectivity index (χ1v) is 6.93. The quantitative estimate of drug-likeness (QED) is 0.876. The van der Waals surface area contributed by atoms with Gasteiger partial charge in [-0.05, 0) is 28.1 Å². The lowest BCUT2D eigenvalue weighted by Gasteiger charge is -2.16. The summed E-state index contributed by atoms with van der Waals surface area (Å²) in [6.07, 6.45) is 0. The highest BCUT2D eigenvalue weighted by Crippen LogP contribution is 2.26. The molecule has 0 bridgehead atoms. The molecular formula is C12H11BrN2O2S. The van der Waals surface area contributed by atoms with Crippen molar-refractivity contribution in [3.8, 4) is 0 Å². The third-order valence-electron chi connectivity index (χ3n) is 2.36. The minimum absolute atomic E-state index is 0.364. The maximum atomic E-state index is 11.8. The fraction of sp³-hybridized carbons (Fsp3) is 0.167. The number of hydrogen-bond acceptors (Lipinski definition) is 5. The van der Waals surface area contributed by atoms with E-state index in [4.69, 9.17) is 4.74 Å². The van der Waals surface area contributed by atoms with Gasteiger partial charge in [0, 0.05) is 15.5 Å². The van der Waals surface area contributed by atoms with Crippen LogP contribution in [0.2, 0.25) is 0 Å². The van der Waals surface area contributed by atoms with Crippen LogP contribution in [0.25, 0.3) is 0 Å². The number of nitrogens with one attached hydrogen (secondary N) is 1. The van der Waals surface area contributed by atoms with Crippen molar-refractivity contribution in [1.82, 2.24) is 4.98 Å². The van der Waals surface area contributed by atoms with E-state index >= 15 is 0 Å². The molecule has 0 amide bonds. The molecule has 1 unspecified atom stereocenters. The number of halogens is 1. The first-order chi connectivity index (χ1) is 8.72. The highest BCUT2D eigenvalue weighted by Gasteiger charge is 2.23. The highest BCUT2D eigenvalue weighted by atomic mass is 79.9. The molecule has 0 aliphatic carbocycles. The number of benzene rings is 1. The van der Waals surface area contributed by atoms with Crippen LogP contribution in [0.15, 0.2) is 39.6 Å². The molecule has 0 saturated carbocycles. The molecule has 94 valence electrons. The van der Waals surface area contributed by atoms with Gasteiger partial charge in [-0.3, -0.25) is 0 Å². The highest BCUT2D eigenvalue weighted by molar-refractivity contribution is 9.10. The molecule has 18 heavy (non-hydrogen) atoms. The Morgan fingerprint density at radius 2 is 2.28 bits per heavy atom. The van der Waals surface area contributed by atoms with E-state index in [1.807, 2.05) is 29.6 Å². The molecule has 0 fully saturated rings. The van der Waals surface area contributed by atoms with E-state index in [1.165, 1.54) is 18.4 Å². The van der Waals surface area contributed by atoms with Gasteiger partial charge in [0.15, 0.2) is 6.04 Å². The van der Waals surface area contributed by atoms with Crippen LogP contribution in [0.4, 0.5) is 5.69 Å². The zero-order valence-corrected chi connectivity index (χ0v) is 12.0. The molecule has 1 N–H and O–H groups in total.